The molecule has 0 saturated carbocycles. The summed E-state index contributed by atoms with van der Waals surface area (Å²) in [7, 11) is 3.97. The molecule has 3 aromatic carbocycles. The Balaban J connectivity index is 0. The first kappa shape index (κ1) is 68.8. The van der Waals surface area contributed by atoms with Crippen molar-refractivity contribution in [2.24, 2.45) is 0 Å². The lowest BCUT2D eigenvalue weighted by atomic mass is 9.84. The Morgan fingerprint density at radius 1 is 0.500 bits per heavy atom. The molecular weight excluding hydrogens is 885 g/mol. The molecule has 1 amide bonds. The lowest BCUT2D eigenvalue weighted by Crippen LogP contribution is -2.49. The molecule has 0 fully saturated rings. The van der Waals surface area contributed by atoms with Crippen molar-refractivity contribution in [2.75, 3.05) is 120 Å². The van der Waals surface area contributed by atoms with Gasteiger partial charge in [0.1, 0.15) is 0 Å². The van der Waals surface area contributed by atoms with Crippen LogP contribution in [-0.2, 0) is 45.2 Å². The molecule has 0 bridgehead atoms. The molecule has 0 aliphatic carbocycles. The fourth-order valence-corrected chi connectivity index (χ4v) is 6.57. The van der Waals surface area contributed by atoms with Gasteiger partial charge in [0.15, 0.2) is 5.60 Å². The van der Waals surface area contributed by atoms with Gasteiger partial charge in [-0.2, -0.15) is 0 Å². The van der Waals surface area contributed by atoms with E-state index in [0.29, 0.717) is 46.2 Å². The van der Waals surface area contributed by atoms with Crippen molar-refractivity contribution >= 4 is 5.91 Å². The molecule has 3 N–H and O–H groups in total. The second kappa shape index (κ2) is 52.1. The second-order valence-corrected chi connectivity index (χ2v) is 17.1. The molecule has 0 radical (unpaired) electrons. The Morgan fingerprint density at radius 3 is 1.37 bits per heavy atom. The van der Waals surface area contributed by atoms with Crippen LogP contribution in [0.4, 0.5) is 0 Å². The van der Waals surface area contributed by atoms with E-state index < -0.39 is 5.60 Å². The molecule has 0 aliphatic rings. The highest BCUT2D eigenvalue weighted by molar-refractivity contribution is 5.90. The van der Waals surface area contributed by atoms with E-state index in [2.05, 4.69) is 57.0 Å². The quantitative estimate of drug-likeness (QED) is 0.0480. The number of likely N-dealkylation sites (N-methyl/N-ethyl adjacent to an activating group) is 2. The minimum atomic E-state index is -1.16. The largest absolute Gasteiger partial charge is 0.394 e. The third-order valence-electron chi connectivity index (χ3n) is 10.5. The Hall–Kier alpha value is -3.27. The Bertz CT molecular complexity index is 1410. The smallest absolute Gasteiger partial charge is 0.263 e. The Kier molecular flexibility index (Phi) is 51.2. The van der Waals surface area contributed by atoms with Crippen LogP contribution in [0.2, 0.25) is 0 Å². The van der Waals surface area contributed by atoms with Gasteiger partial charge in [0, 0.05) is 59.7 Å². The summed E-state index contributed by atoms with van der Waals surface area (Å²) >= 11 is 0. The Morgan fingerprint density at radius 2 is 0.943 bits per heavy atom. The molecule has 404 valence electrons. The number of aliphatic hydroxyl groups is 3. The van der Waals surface area contributed by atoms with Crippen LogP contribution in [0.15, 0.2) is 91.0 Å². The molecule has 12 nitrogen and oxygen atoms in total. The zero-order chi connectivity index (χ0) is 52.2. The number of amides is 1. The number of rotatable bonds is 36. The molecule has 70 heavy (non-hydrogen) atoms. The fraction of sp³-hybridized carbons (Fsp3) is 0.672. The summed E-state index contributed by atoms with van der Waals surface area (Å²) in [5, 5.41) is 24.7. The molecule has 0 aromatic heterocycles. The van der Waals surface area contributed by atoms with E-state index in [9.17, 15) is 4.79 Å². The third kappa shape index (κ3) is 38.4. The van der Waals surface area contributed by atoms with Crippen molar-refractivity contribution in [3.8, 4) is 0 Å². The number of carbonyl (C=O) groups excluding carboxylic acids is 1. The predicted octanol–water partition coefficient (Wildman–Crippen LogP) is 10.4. The van der Waals surface area contributed by atoms with E-state index in [4.69, 9.17) is 43.7 Å². The zero-order valence-electron chi connectivity index (χ0n) is 45.6. The minimum Gasteiger partial charge on any atom is -0.394 e. The predicted molar refractivity (Wildman–Crippen MR) is 290 cm³/mol. The standard InChI is InChI=1S/C28H34N2O2.C12H26O.C8H18O3.2C5H12O2/c1-4-32-28(25-16-10-6-11-17-25,26-18-12-7-13-19-26)27(31)30(3)23-22-29(2)21-20-24-14-8-5-9-15-24;1-3-5-7-9-11-13-12-10-8-6-4-2;1-2-3-5-10-7-8-11-6-4-9;1-5(2)7-4-3-6;1-2-4-7-5-3-6/h5-19H,4,20-23H2,1-3H3;3-12H2,1-2H3;9H,2-8H2,1H3;5-6H,3-4H2,1-2H3;6H,2-5H2,1H3. The highest BCUT2D eigenvalue weighted by atomic mass is 16.5. The second-order valence-electron chi connectivity index (χ2n) is 17.1. The van der Waals surface area contributed by atoms with E-state index in [0.717, 1.165) is 76.3 Å². The number of ether oxygens (including phenoxy) is 6. The number of hydrogen-bond acceptors (Lipinski definition) is 11. The van der Waals surface area contributed by atoms with Crippen LogP contribution >= 0.6 is 0 Å². The van der Waals surface area contributed by atoms with Crippen LogP contribution in [-0.4, -0.2) is 157 Å². The van der Waals surface area contributed by atoms with Crippen LogP contribution in [0.5, 0.6) is 0 Å². The van der Waals surface area contributed by atoms with Crippen LogP contribution < -0.4 is 0 Å². The first-order valence-electron chi connectivity index (χ1n) is 26.6. The number of carbonyl (C=O) groups is 1. The van der Waals surface area contributed by atoms with Crippen molar-refractivity contribution in [1.82, 2.24) is 9.80 Å². The molecule has 3 aromatic rings. The van der Waals surface area contributed by atoms with Gasteiger partial charge in [0.2, 0.25) is 0 Å². The molecule has 0 unspecified atom stereocenters. The van der Waals surface area contributed by atoms with E-state index >= 15 is 0 Å². The minimum absolute atomic E-state index is 0.0480. The lowest BCUT2D eigenvalue weighted by molar-refractivity contribution is -0.153. The van der Waals surface area contributed by atoms with E-state index in [1.807, 2.05) is 101 Å². The first-order valence-corrected chi connectivity index (χ1v) is 26.6. The normalized spacial score (nSPS) is 10.8. The number of benzene rings is 3. The van der Waals surface area contributed by atoms with Crippen molar-refractivity contribution in [3.05, 3.63) is 108 Å². The highest BCUT2D eigenvalue weighted by Crippen LogP contribution is 2.35. The van der Waals surface area contributed by atoms with Crippen molar-refractivity contribution < 1.29 is 48.5 Å². The van der Waals surface area contributed by atoms with Gasteiger partial charge < -0.3 is 53.5 Å². The van der Waals surface area contributed by atoms with Crippen LogP contribution in [0.1, 0.15) is 136 Å². The lowest BCUT2D eigenvalue weighted by Gasteiger charge is -2.37. The van der Waals surface area contributed by atoms with Gasteiger partial charge in [-0.15, -0.1) is 0 Å². The molecule has 0 spiro atoms. The van der Waals surface area contributed by atoms with Crippen molar-refractivity contribution in [3.63, 3.8) is 0 Å². The number of hydrogen-bond donors (Lipinski definition) is 3. The maximum atomic E-state index is 13.9. The van der Waals surface area contributed by atoms with Gasteiger partial charge in [0.25, 0.3) is 5.91 Å². The maximum Gasteiger partial charge on any atom is 0.263 e. The van der Waals surface area contributed by atoms with Crippen LogP contribution in [0.25, 0.3) is 0 Å². The average molecular weight is 987 g/mol. The number of unbranched alkanes of at least 4 members (excludes halogenated alkanes) is 7. The van der Waals surface area contributed by atoms with Gasteiger partial charge in [0.05, 0.1) is 59.0 Å². The summed E-state index contributed by atoms with van der Waals surface area (Å²) < 4.78 is 31.8. The summed E-state index contributed by atoms with van der Waals surface area (Å²) in [5.41, 5.74) is 1.87. The Labute approximate surface area is 427 Å². The molecule has 3 rings (SSSR count). The summed E-state index contributed by atoms with van der Waals surface area (Å²) in [5.74, 6) is -0.0480. The average Bonchev–Trinajstić information content (AvgIpc) is 3.39. The van der Waals surface area contributed by atoms with Gasteiger partial charge in [-0.05, 0) is 76.6 Å². The topological polar surface area (TPSA) is 140 Å². The van der Waals surface area contributed by atoms with Crippen LogP contribution in [0.3, 0.4) is 0 Å². The molecule has 0 aliphatic heterocycles. The number of nitrogens with zero attached hydrogens (tertiary/aromatic N) is 2. The van der Waals surface area contributed by atoms with Crippen molar-refractivity contribution in [1.29, 1.82) is 0 Å². The third-order valence-corrected chi connectivity index (χ3v) is 10.5. The molecule has 0 atom stereocenters. The van der Waals surface area contributed by atoms with Gasteiger partial charge in [-0.1, -0.05) is 164 Å². The summed E-state index contributed by atoms with van der Waals surface area (Å²) in [6.07, 6.45) is 15.1. The molecule has 12 heteroatoms. The fourth-order valence-electron chi connectivity index (χ4n) is 6.57. The number of aliphatic hydroxyl groups excluding tert-OH is 3. The van der Waals surface area contributed by atoms with Crippen LogP contribution in [0, 0.1) is 0 Å². The van der Waals surface area contributed by atoms with E-state index in [1.54, 1.807) is 4.90 Å². The van der Waals surface area contributed by atoms with E-state index in [-0.39, 0.29) is 31.8 Å². The highest BCUT2D eigenvalue weighted by Gasteiger charge is 2.44. The molecular formula is C58H102N2O10. The first-order chi connectivity index (χ1) is 34.1. The van der Waals surface area contributed by atoms with Gasteiger partial charge >= 0.3 is 0 Å². The summed E-state index contributed by atoms with van der Waals surface area (Å²) in [4.78, 5) is 18.0. The van der Waals surface area contributed by atoms with Crippen molar-refractivity contribution in [2.45, 2.75) is 137 Å². The summed E-state index contributed by atoms with van der Waals surface area (Å²) in [6.45, 7) is 23.7. The SMILES string of the molecule is CC(C)OCCO.CCCCCCOCCCCCC.CCCCOCCOCCO.CCCOCCO.CCOC(C(=O)N(C)CCN(C)CCc1ccccc1)(c1ccccc1)c1ccccc1. The molecule has 0 saturated heterocycles. The van der Waals surface area contributed by atoms with Gasteiger partial charge in [-0.3, -0.25) is 4.79 Å². The monoisotopic (exact) mass is 987 g/mol. The maximum absolute atomic E-state index is 13.9. The van der Waals surface area contributed by atoms with E-state index in [1.165, 1.54) is 56.9 Å². The van der Waals surface area contributed by atoms with Gasteiger partial charge in [-0.25, -0.2) is 0 Å². The molecule has 0 heterocycles. The zero-order valence-corrected chi connectivity index (χ0v) is 45.6. The summed E-state index contributed by atoms with van der Waals surface area (Å²) in [6, 6.07) is 30.1.